The van der Waals surface area contributed by atoms with Crippen LogP contribution in [0.4, 0.5) is 0 Å². The van der Waals surface area contributed by atoms with Crippen LogP contribution in [0.1, 0.15) is 5.56 Å². The Morgan fingerprint density at radius 2 is 1.72 bits per heavy atom. The van der Waals surface area contributed by atoms with E-state index in [-0.39, 0.29) is 32.2 Å². The van der Waals surface area contributed by atoms with Gasteiger partial charge in [0.25, 0.3) is 0 Å². The maximum atomic E-state index is 11.8. The smallest absolute Gasteiger partial charge is 0.233 e. The van der Waals surface area contributed by atoms with E-state index >= 15 is 0 Å². The zero-order valence-electron chi connectivity index (χ0n) is 10.5. The zero-order valence-corrected chi connectivity index (χ0v) is 11.3. The first-order valence-electron chi connectivity index (χ1n) is 5.86. The summed E-state index contributed by atoms with van der Waals surface area (Å²) in [7, 11) is 0. The molecule has 0 saturated carbocycles. The van der Waals surface area contributed by atoms with Crippen LogP contribution in [-0.2, 0) is 4.79 Å². The molecular formula is C13H19NO3S. The molecule has 1 amide bonds. The second-order valence-electron chi connectivity index (χ2n) is 3.93. The molecule has 0 aliphatic heterocycles. The topological polar surface area (TPSA) is 60.8 Å². The van der Waals surface area contributed by atoms with Crippen LogP contribution < -0.4 is 0 Å². The summed E-state index contributed by atoms with van der Waals surface area (Å²) in [6.45, 7) is 2.40. The summed E-state index contributed by atoms with van der Waals surface area (Å²) < 4.78 is 0. The Hall–Kier alpha value is -1.04. The number of hydrogen-bond acceptors (Lipinski definition) is 4. The van der Waals surface area contributed by atoms with Gasteiger partial charge in [-0.05, 0) is 19.1 Å². The van der Waals surface area contributed by atoms with Gasteiger partial charge in [-0.25, -0.2) is 0 Å². The van der Waals surface area contributed by atoms with E-state index in [4.69, 9.17) is 10.2 Å². The maximum Gasteiger partial charge on any atom is 0.233 e. The molecule has 1 rings (SSSR count). The van der Waals surface area contributed by atoms with Crippen molar-refractivity contribution < 1.29 is 15.0 Å². The Balaban J connectivity index is 2.45. The summed E-state index contributed by atoms with van der Waals surface area (Å²) in [6, 6.07) is 7.98. The number of carbonyl (C=O) groups is 1. The molecule has 18 heavy (non-hydrogen) atoms. The van der Waals surface area contributed by atoms with Crippen molar-refractivity contribution in [3.8, 4) is 0 Å². The highest BCUT2D eigenvalue weighted by atomic mass is 32.2. The highest BCUT2D eigenvalue weighted by Crippen LogP contribution is 2.18. The van der Waals surface area contributed by atoms with E-state index in [0.29, 0.717) is 5.75 Å². The quantitative estimate of drug-likeness (QED) is 0.722. The zero-order chi connectivity index (χ0) is 13.4. The summed E-state index contributed by atoms with van der Waals surface area (Å²) in [5.41, 5.74) is 1.19. The first-order valence-corrected chi connectivity index (χ1v) is 6.85. The summed E-state index contributed by atoms with van der Waals surface area (Å²) >= 11 is 1.46. The predicted octanol–water partition coefficient (Wildman–Crippen LogP) is 0.900. The van der Waals surface area contributed by atoms with Crippen molar-refractivity contribution in [1.82, 2.24) is 4.90 Å². The van der Waals surface area contributed by atoms with Crippen LogP contribution in [-0.4, -0.2) is 53.1 Å². The van der Waals surface area contributed by atoms with Gasteiger partial charge in [0.1, 0.15) is 0 Å². The summed E-state index contributed by atoms with van der Waals surface area (Å²) in [5.74, 6) is 0.256. The van der Waals surface area contributed by atoms with Crippen LogP contribution in [0.3, 0.4) is 0 Å². The predicted molar refractivity (Wildman–Crippen MR) is 72.7 cm³/mol. The van der Waals surface area contributed by atoms with Gasteiger partial charge in [0.15, 0.2) is 0 Å². The molecular weight excluding hydrogens is 250 g/mol. The van der Waals surface area contributed by atoms with Gasteiger partial charge in [0.2, 0.25) is 5.91 Å². The van der Waals surface area contributed by atoms with Gasteiger partial charge in [-0.2, -0.15) is 0 Å². The van der Waals surface area contributed by atoms with E-state index in [0.717, 1.165) is 4.90 Å². The van der Waals surface area contributed by atoms with Crippen LogP contribution in [0.25, 0.3) is 0 Å². The average molecular weight is 269 g/mol. The Morgan fingerprint density at radius 1 is 1.17 bits per heavy atom. The van der Waals surface area contributed by atoms with E-state index in [2.05, 4.69) is 0 Å². The molecule has 0 heterocycles. The minimum atomic E-state index is -0.0824. The van der Waals surface area contributed by atoms with E-state index < -0.39 is 0 Å². The molecule has 2 N–H and O–H groups in total. The van der Waals surface area contributed by atoms with E-state index in [1.165, 1.54) is 22.2 Å². The van der Waals surface area contributed by atoms with Crippen LogP contribution in [0.5, 0.6) is 0 Å². The van der Waals surface area contributed by atoms with Crippen LogP contribution in [0.15, 0.2) is 29.2 Å². The van der Waals surface area contributed by atoms with Crippen molar-refractivity contribution in [3.63, 3.8) is 0 Å². The molecule has 0 aromatic heterocycles. The highest BCUT2D eigenvalue weighted by Gasteiger charge is 2.12. The van der Waals surface area contributed by atoms with Gasteiger partial charge in [0, 0.05) is 18.0 Å². The number of amides is 1. The Labute approximate surface area is 112 Å². The molecule has 0 atom stereocenters. The highest BCUT2D eigenvalue weighted by molar-refractivity contribution is 8.00. The number of hydrogen-bond donors (Lipinski definition) is 2. The minimum Gasteiger partial charge on any atom is -0.395 e. The van der Waals surface area contributed by atoms with Crippen molar-refractivity contribution >= 4 is 17.7 Å². The number of rotatable bonds is 7. The molecule has 0 fully saturated rings. The summed E-state index contributed by atoms with van der Waals surface area (Å²) in [4.78, 5) is 14.4. The van der Waals surface area contributed by atoms with Crippen molar-refractivity contribution in [1.29, 1.82) is 0 Å². The minimum absolute atomic E-state index is 0.0660. The van der Waals surface area contributed by atoms with Gasteiger partial charge in [-0.1, -0.05) is 17.7 Å². The number of aryl methyl sites for hydroxylation is 1. The number of aliphatic hydroxyl groups is 2. The van der Waals surface area contributed by atoms with Gasteiger partial charge in [0.05, 0.1) is 19.0 Å². The molecule has 0 aliphatic rings. The number of carbonyl (C=O) groups excluding carboxylic acids is 1. The monoisotopic (exact) mass is 269 g/mol. The molecule has 0 saturated heterocycles. The van der Waals surface area contributed by atoms with E-state index in [1.54, 1.807) is 0 Å². The maximum absolute atomic E-state index is 11.8. The Morgan fingerprint density at radius 3 is 2.22 bits per heavy atom. The van der Waals surface area contributed by atoms with Gasteiger partial charge in [-0.3, -0.25) is 4.79 Å². The summed E-state index contributed by atoms with van der Waals surface area (Å²) in [6.07, 6.45) is 0. The molecule has 0 aliphatic carbocycles. The summed E-state index contributed by atoms with van der Waals surface area (Å²) in [5, 5.41) is 17.7. The van der Waals surface area contributed by atoms with Crippen molar-refractivity contribution in [2.45, 2.75) is 11.8 Å². The molecule has 0 unspecified atom stereocenters. The van der Waals surface area contributed by atoms with Gasteiger partial charge < -0.3 is 15.1 Å². The molecule has 100 valence electrons. The molecule has 5 heteroatoms. The first kappa shape index (κ1) is 15.0. The number of aliphatic hydroxyl groups excluding tert-OH is 2. The molecule has 1 aromatic carbocycles. The fourth-order valence-corrected chi connectivity index (χ4v) is 2.27. The van der Waals surface area contributed by atoms with Crippen molar-refractivity contribution in [3.05, 3.63) is 29.8 Å². The number of nitrogens with zero attached hydrogens (tertiary/aromatic N) is 1. The van der Waals surface area contributed by atoms with Crippen LogP contribution in [0, 0.1) is 6.92 Å². The number of thioether (sulfide) groups is 1. The van der Waals surface area contributed by atoms with Crippen LogP contribution >= 0.6 is 11.8 Å². The second-order valence-corrected chi connectivity index (χ2v) is 4.98. The van der Waals surface area contributed by atoms with Crippen molar-refractivity contribution in [2.75, 3.05) is 32.1 Å². The van der Waals surface area contributed by atoms with Gasteiger partial charge in [-0.15, -0.1) is 11.8 Å². The lowest BCUT2D eigenvalue weighted by molar-refractivity contribution is -0.129. The average Bonchev–Trinajstić information content (AvgIpc) is 2.37. The third-order valence-corrected chi connectivity index (χ3v) is 3.47. The fourth-order valence-electron chi connectivity index (χ4n) is 1.47. The lowest BCUT2D eigenvalue weighted by Crippen LogP contribution is -2.37. The second kappa shape index (κ2) is 8.13. The number of benzene rings is 1. The standard InChI is InChI=1S/C13H19NO3S/c1-11-2-4-12(5-3-11)18-10-13(17)14(6-8-15)7-9-16/h2-5,15-16H,6-10H2,1H3. The Bertz CT molecular complexity index is 361. The Kier molecular flexibility index (Phi) is 6.78. The molecule has 0 spiro atoms. The third kappa shape index (κ3) is 5.08. The first-order chi connectivity index (χ1) is 8.67. The molecule has 1 aromatic rings. The molecule has 0 radical (unpaired) electrons. The van der Waals surface area contributed by atoms with Crippen LogP contribution in [0.2, 0.25) is 0 Å². The molecule has 0 bridgehead atoms. The lowest BCUT2D eigenvalue weighted by atomic mass is 10.2. The van der Waals surface area contributed by atoms with Gasteiger partial charge >= 0.3 is 0 Å². The SMILES string of the molecule is Cc1ccc(SCC(=O)N(CCO)CCO)cc1. The largest absolute Gasteiger partial charge is 0.395 e. The van der Waals surface area contributed by atoms with E-state index in [1.807, 2.05) is 31.2 Å². The normalized spacial score (nSPS) is 10.4. The lowest BCUT2D eigenvalue weighted by Gasteiger charge is -2.20. The fraction of sp³-hybridized carbons (Fsp3) is 0.462. The van der Waals surface area contributed by atoms with E-state index in [9.17, 15) is 4.79 Å². The third-order valence-electron chi connectivity index (χ3n) is 2.48. The van der Waals surface area contributed by atoms with Crippen molar-refractivity contribution in [2.24, 2.45) is 0 Å². The molecule has 4 nitrogen and oxygen atoms in total.